The minimum atomic E-state index is 0.822. The van der Waals surface area contributed by atoms with Gasteiger partial charge >= 0.3 is 0 Å². The first kappa shape index (κ1) is 15.3. The molecule has 2 saturated heterocycles. The summed E-state index contributed by atoms with van der Waals surface area (Å²) in [4.78, 5) is 2.71. The molecular weight excluding hydrogens is 232 g/mol. The smallest absolute Gasteiger partial charge is 0.0235 e. The first-order valence-corrected chi connectivity index (χ1v) is 8.86. The summed E-state index contributed by atoms with van der Waals surface area (Å²) in [7, 11) is 0. The molecule has 2 heterocycles. The molecule has 2 aliphatic rings. The maximum absolute atomic E-state index is 3.70. The van der Waals surface area contributed by atoms with Crippen molar-refractivity contribution in [3.63, 3.8) is 0 Å². The van der Waals surface area contributed by atoms with Crippen LogP contribution in [0.15, 0.2) is 0 Å². The second-order valence-corrected chi connectivity index (χ2v) is 6.70. The molecule has 0 aromatic heterocycles. The first-order valence-electron chi connectivity index (χ1n) is 8.86. The predicted molar refractivity (Wildman–Crippen MR) is 83.6 cm³/mol. The average molecular weight is 266 g/mol. The summed E-state index contributed by atoms with van der Waals surface area (Å²) in [5.74, 6) is 0.961. The Hall–Kier alpha value is -0.0800. The minimum Gasteiger partial charge on any atom is -0.312 e. The number of rotatable bonds is 9. The van der Waals surface area contributed by atoms with Gasteiger partial charge in [-0.3, -0.25) is 0 Å². The fourth-order valence-corrected chi connectivity index (χ4v) is 3.79. The van der Waals surface area contributed by atoms with Gasteiger partial charge in [0.05, 0.1) is 0 Å². The summed E-state index contributed by atoms with van der Waals surface area (Å²) in [6.07, 6.45) is 14.4. The van der Waals surface area contributed by atoms with E-state index in [1.54, 1.807) is 0 Å². The number of fused-ring (bicyclic) bond motifs is 1. The van der Waals surface area contributed by atoms with Crippen LogP contribution < -0.4 is 5.32 Å². The van der Waals surface area contributed by atoms with E-state index in [0.717, 1.165) is 12.0 Å². The van der Waals surface area contributed by atoms with Gasteiger partial charge in [0.15, 0.2) is 0 Å². The van der Waals surface area contributed by atoms with Crippen LogP contribution in [-0.2, 0) is 0 Å². The molecule has 0 aromatic carbocycles. The molecule has 2 atom stereocenters. The third-order valence-electron chi connectivity index (χ3n) is 5.00. The lowest BCUT2D eigenvalue weighted by Crippen LogP contribution is -2.40. The maximum Gasteiger partial charge on any atom is 0.0235 e. The van der Waals surface area contributed by atoms with Gasteiger partial charge in [0.25, 0.3) is 0 Å². The maximum atomic E-state index is 3.70. The van der Waals surface area contributed by atoms with Crippen LogP contribution in [0.3, 0.4) is 0 Å². The Kier molecular flexibility index (Phi) is 7.23. The highest BCUT2D eigenvalue weighted by Crippen LogP contribution is 2.25. The molecule has 0 aliphatic carbocycles. The fourth-order valence-electron chi connectivity index (χ4n) is 3.79. The van der Waals surface area contributed by atoms with Crippen LogP contribution >= 0.6 is 0 Å². The van der Waals surface area contributed by atoms with E-state index < -0.39 is 0 Å². The van der Waals surface area contributed by atoms with Gasteiger partial charge in [0, 0.05) is 19.1 Å². The van der Waals surface area contributed by atoms with E-state index in [1.165, 1.54) is 90.4 Å². The Morgan fingerprint density at radius 2 is 1.68 bits per heavy atom. The third kappa shape index (κ3) is 5.43. The van der Waals surface area contributed by atoms with Crippen LogP contribution in [0.1, 0.15) is 71.1 Å². The topological polar surface area (TPSA) is 15.3 Å². The van der Waals surface area contributed by atoms with E-state index >= 15 is 0 Å². The summed E-state index contributed by atoms with van der Waals surface area (Å²) in [5.41, 5.74) is 0. The zero-order chi connectivity index (χ0) is 13.3. The molecule has 0 amide bonds. The molecule has 0 aromatic rings. The lowest BCUT2D eigenvalue weighted by Gasteiger charge is -2.24. The number of unbranched alkanes of at least 4 members (excludes halogenated alkanes) is 7. The lowest BCUT2D eigenvalue weighted by atomic mass is 9.94. The Labute approximate surface area is 120 Å². The largest absolute Gasteiger partial charge is 0.312 e. The van der Waals surface area contributed by atoms with Crippen molar-refractivity contribution in [2.24, 2.45) is 5.92 Å². The first-order chi connectivity index (χ1) is 9.40. The molecule has 0 saturated carbocycles. The number of hydrogen-bond donors (Lipinski definition) is 1. The van der Waals surface area contributed by atoms with Crippen molar-refractivity contribution in [2.75, 3.05) is 26.2 Å². The van der Waals surface area contributed by atoms with Crippen LogP contribution in [0.2, 0.25) is 0 Å². The normalized spacial score (nSPS) is 27.6. The van der Waals surface area contributed by atoms with Gasteiger partial charge in [-0.25, -0.2) is 0 Å². The minimum absolute atomic E-state index is 0.822. The summed E-state index contributed by atoms with van der Waals surface area (Å²) < 4.78 is 0. The molecule has 112 valence electrons. The van der Waals surface area contributed by atoms with Gasteiger partial charge in [-0.05, 0) is 38.3 Å². The number of piperidine rings is 1. The van der Waals surface area contributed by atoms with Crippen LogP contribution in [0.4, 0.5) is 0 Å². The molecule has 2 fully saturated rings. The predicted octanol–water partition coefficient (Wildman–Crippen LogP) is 3.81. The molecule has 19 heavy (non-hydrogen) atoms. The monoisotopic (exact) mass is 266 g/mol. The van der Waals surface area contributed by atoms with Crippen LogP contribution in [0, 0.1) is 5.92 Å². The summed E-state index contributed by atoms with van der Waals surface area (Å²) in [6.45, 7) is 7.59. The third-order valence-corrected chi connectivity index (χ3v) is 5.00. The Morgan fingerprint density at radius 3 is 2.42 bits per heavy atom. The molecule has 1 N–H and O–H groups in total. The van der Waals surface area contributed by atoms with Crippen molar-refractivity contribution in [2.45, 2.75) is 77.2 Å². The van der Waals surface area contributed by atoms with Crippen LogP contribution in [0.5, 0.6) is 0 Å². The van der Waals surface area contributed by atoms with Crippen molar-refractivity contribution in [1.82, 2.24) is 10.2 Å². The van der Waals surface area contributed by atoms with Crippen molar-refractivity contribution >= 4 is 0 Å². The van der Waals surface area contributed by atoms with Gasteiger partial charge in [0.2, 0.25) is 0 Å². The van der Waals surface area contributed by atoms with E-state index in [0.29, 0.717) is 0 Å². The van der Waals surface area contributed by atoms with Gasteiger partial charge in [-0.2, -0.15) is 0 Å². The molecular formula is C17H34N2. The van der Waals surface area contributed by atoms with E-state index in [1.807, 2.05) is 0 Å². The molecule has 2 aliphatic heterocycles. The molecule has 0 bridgehead atoms. The molecule has 0 radical (unpaired) electrons. The van der Waals surface area contributed by atoms with Gasteiger partial charge in [-0.15, -0.1) is 0 Å². The highest BCUT2D eigenvalue weighted by molar-refractivity contribution is 4.91. The number of hydrogen-bond acceptors (Lipinski definition) is 2. The van der Waals surface area contributed by atoms with Crippen molar-refractivity contribution < 1.29 is 0 Å². The number of nitrogens with one attached hydrogen (secondary N) is 1. The van der Waals surface area contributed by atoms with Crippen LogP contribution in [0.25, 0.3) is 0 Å². The Balaban J connectivity index is 1.43. The van der Waals surface area contributed by atoms with E-state index in [2.05, 4.69) is 17.1 Å². The standard InChI is InChI=1S/C17H34N2/c1-2-3-4-5-6-7-8-9-13-19-14-16-11-10-12-18-17(16)15-19/h16-18H,2-15H2,1H3/t16-,17+/m0/s1. The molecule has 2 heteroatoms. The number of nitrogens with zero attached hydrogens (tertiary/aromatic N) is 1. The SMILES string of the molecule is CCCCCCCCCCN1C[C@@H]2CCCN[C@@H]2C1. The quantitative estimate of drug-likeness (QED) is 0.638. The van der Waals surface area contributed by atoms with Gasteiger partial charge < -0.3 is 10.2 Å². The summed E-state index contributed by atoms with van der Waals surface area (Å²) >= 11 is 0. The Morgan fingerprint density at radius 1 is 0.947 bits per heavy atom. The van der Waals surface area contributed by atoms with E-state index in [-0.39, 0.29) is 0 Å². The highest BCUT2D eigenvalue weighted by atomic mass is 15.2. The van der Waals surface area contributed by atoms with Crippen LogP contribution in [-0.4, -0.2) is 37.1 Å². The van der Waals surface area contributed by atoms with Crippen molar-refractivity contribution in [3.8, 4) is 0 Å². The average Bonchev–Trinajstić information content (AvgIpc) is 2.84. The van der Waals surface area contributed by atoms with Crippen molar-refractivity contribution in [3.05, 3.63) is 0 Å². The van der Waals surface area contributed by atoms with E-state index in [9.17, 15) is 0 Å². The molecule has 0 spiro atoms. The second kappa shape index (κ2) is 8.97. The zero-order valence-corrected chi connectivity index (χ0v) is 13.0. The number of likely N-dealkylation sites (tertiary alicyclic amines) is 1. The molecule has 0 unspecified atom stereocenters. The fraction of sp³-hybridized carbons (Fsp3) is 1.00. The molecule has 2 rings (SSSR count). The summed E-state index contributed by atoms with van der Waals surface area (Å²) in [5, 5.41) is 3.70. The van der Waals surface area contributed by atoms with Gasteiger partial charge in [-0.1, -0.05) is 51.9 Å². The van der Waals surface area contributed by atoms with Gasteiger partial charge in [0.1, 0.15) is 0 Å². The second-order valence-electron chi connectivity index (χ2n) is 6.70. The lowest BCUT2D eigenvalue weighted by molar-refractivity contribution is 0.311. The Bertz CT molecular complexity index is 215. The summed E-state index contributed by atoms with van der Waals surface area (Å²) in [6, 6.07) is 0.822. The molecule has 2 nitrogen and oxygen atoms in total. The highest BCUT2D eigenvalue weighted by Gasteiger charge is 2.33. The van der Waals surface area contributed by atoms with E-state index in [4.69, 9.17) is 0 Å². The van der Waals surface area contributed by atoms with Crippen molar-refractivity contribution in [1.29, 1.82) is 0 Å². The zero-order valence-electron chi connectivity index (χ0n) is 13.0.